The second-order valence-electron chi connectivity index (χ2n) is 8.80. The van der Waals surface area contributed by atoms with Crippen LogP contribution in [0.15, 0.2) is 47.3 Å². The van der Waals surface area contributed by atoms with Gasteiger partial charge in [-0.2, -0.15) is 5.10 Å². The maximum Gasteiger partial charge on any atom is 0.315 e. The van der Waals surface area contributed by atoms with E-state index in [9.17, 15) is 18.8 Å². The first-order valence-corrected chi connectivity index (χ1v) is 12.0. The zero-order valence-corrected chi connectivity index (χ0v) is 19.8. The summed E-state index contributed by atoms with van der Waals surface area (Å²) in [7, 11) is 0. The maximum absolute atomic E-state index is 14.6. The molecule has 2 aromatic carbocycles. The van der Waals surface area contributed by atoms with E-state index in [1.54, 1.807) is 18.2 Å². The molecule has 1 aliphatic rings. The van der Waals surface area contributed by atoms with E-state index in [1.807, 2.05) is 19.1 Å². The lowest BCUT2D eigenvalue weighted by molar-refractivity contribution is 0.0761. The number of likely N-dealkylation sites (N-methyl/N-ethyl adjacent to an activating group) is 1. The van der Waals surface area contributed by atoms with Crippen molar-refractivity contribution in [3.63, 3.8) is 0 Å². The van der Waals surface area contributed by atoms with Gasteiger partial charge in [-0.3, -0.25) is 9.59 Å². The minimum atomic E-state index is -0.608. The number of benzene rings is 2. The summed E-state index contributed by atoms with van der Waals surface area (Å²) in [4.78, 5) is 38.7. The average molecular weight is 480 g/mol. The first-order chi connectivity index (χ1) is 17.0. The van der Waals surface area contributed by atoms with Crippen LogP contribution in [-0.4, -0.2) is 52.7 Å². The largest absolute Gasteiger partial charge is 0.337 e. The van der Waals surface area contributed by atoms with Crippen LogP contribution in [0.3, 0.4) is 0 Å². The fourth-order valence-electron chi connectivity index (χ4n) is 4.53. The molecule has 184 valence electrons. The second kappa shape index (κ2) is 11.1. The third-order valence-electron chi connectivity index (χ3n) is 6.43. The van der Waals surface area contributed by atoms with Crippen LogP contribution in [0.4, 0.5) is 9.18 Å². The highest BCUT2D eigenvalue weighted by atomic mass is 19.1. The molecule has 1 saturated carbocycles. The molecule has 3 N–H and O–H groups in total. The van der Waals surface area contributed by atoms with Gasteiger partial charge in [0.2, 0.25) is 0 Å². The summed E-state index contributed by atoms with van der Waals surface area (Å²) in [6, 6.07) is 11.5. The standard InChI is InChI=1S/C26H30FN5O3/c1-2-32(14-13-28-26(35)29-18-7-3-4-8-18)25(34)21-15-17(11-12-22(21)27)16-23-19-9-5-6-10-20(19)24(33)31-30-23/h5-6,9-12,15,18H,2-4,7-8,13-14,16H2,1H3,(H,31,33)(H2,28,29,35). The van der Waals surface area contributed by atoms with Crippen molar-refractivity contribution in [2.24, 2.45) is 0 Å². The Morgan fingerprint density at radius 1 is 1.14 bits per heavy atom. The molecule has 3 aromatic rings. The number of amides is 3. The first kappa shape index (κ1) is 24.4. The highest BCUT2D eigenvalue weighted by Crippen LogP contribution is 2.20. The van der Waals surface area contributed by atoms with Gasteiger partial charge in [0.05, 0.1) is 16.6 Å². The van der Waals surface area contributed by atoms with Crippen LogP contribution in [0.25, 0.3) is 10.8 Å². The van der Waals surface area contributed by atoms with Gasteiger partial charge < -0.3 is 15.5 Å². The highest BCUT2D eigenvalue weighted by Gasteiger charge is 2.20. The predicted octanol–water partition coefficient (Wildman–Crippen LogP) is 3.36. The molecule has 0 unspecified atom stereocenters. The molecule has 0 spiro atoms. The molecule has 0 bridgehead atoms. The van der Waals surface area contributed by atoms with Gasteiger partial charge in [-0.05, 0) is 43.5 Å². The minimum absolute atomic E-state index is 0.0338. The number of urea groups is 1. The topological polar surface area (TPSA) is 107 Å². The molecule has 1 heterocycles. The molecular formula is C26H30FN5O3. The Morgan fingerprint density at radius 3 is 2.63 bits per heavy atom. The number of fused-ring (bicyclic) bond motifs is 1. The number of aromatic nitrogens is 2. The van der Waals surface area contributed by atoms with E-state index in [1.165, 1.54) is 17.0 Å². The predicted molar refractivity (Wildman–Crippen MR) is 132 cm³/mol. The summed E-state index contributed by atoms with van der Waals surface area (Å²) in [6.45, 7) is 2.73. The number of aromatic amines is 1. The molecule has 9 heteroatoms. The number of carbonyl (C=O) groups excluding carboxylic acids is 2. The number of H-pyrrole nitrogens is 1. The molecule has 3 amide bonds. The minimum Gasteiger partial charge on any atom is -0.337 e. The lowest BCUT2D eigenvalue weighted by atomic mass is 10.0. The molecule has 1 fully saturated rings. The third-order valence-corrected chi connectivity index (χ3v) is 6.43. The Labute approximate surface area is 202 Å². The molecule has 0 aliphatic heterocycles. The number of rotatable bonds is 8. The summed E-state index contributed by atoms with van der Waals surface area (Å²) in [5.74, 6) is -1.05. The second-order valence-corrected chi connectivity index (χ2v) is 8.80. The SMILES string of the molecule is CCN(CCNC(=O)NC1CCCC1)C(=O)c1cc(Cc2n[nH]c(=O)c3ccccc23)ccc1F. The van der Waals surface area contributed by atoms with Crippen molar-refractivity contribution < 1.29 is 14.0 Å². The number of hydrogen-bond acceptors (Lipinski definition) is 4. The fraction of sp³-hybridized carbons (Fsp3) is 0.385. The molecule has 1 aliphatic carbocycles. The Bertz CT molecular complexity index is 1270. The van der Waals surface area contributed by atoms with Crippen molar-refractivity contribution in [1.29, 1.82) is 0 Å². The van der Waals surface area contributed by atoms with Gasteiger partial charge in [0.25, 0.3) is 11.5 Å². The van der Waals surface area contributed by atoms with Crippen LogP contribution in [0.1, 0.15) is 54.2 Å². The Balaban J connectivity index is 1.43. The number of nitrogens with one attached hydrogen (secondary N) is 3. The lowest BCUT2D eigenvalue weighted by Gasteiger charge is -2.22. The summed E-state index contributed by atoms with van der Waals surface area (Å²) >= 11 is 0. The lowest BCUT2D eigenvalue weighted by Crippen LogP contribution is -2.44. The Kier molecular flexibility index (Phi) is 7.74. The number of hydrogen-bond donors (Lipinski definition) is 3. The summed E-state index contributed by atoms with van der Waals surface area (Å²) in [6.07, 6.45) is 4.57. The monoisotopic (exact) mass is 479 g/mol. The van der Waals surface area contributed by atoms with Gasteiger partial charge in [-0.1, -0.05) is 37.1 Å². The van der Waals surface area contributed by atoms with Crippen LogP contribution in [0, 0.1) is 5.82 Å². The van der Waals surface area contributed by atoms with E-state index in [4.69, 9.17) is 0 Å². The Morgan fingerprint density at radius 2 is 1.89 bits per heavy atom. The van der Waals surface area contributed by atoms with E-state index >= 15 is 0 Å². The van der Waals surface area contributed by atoms with Crippen molar-refractivity contribution in [2.75, 3.05) is 19.6 Å². The van der Waals surface area contributed by atoms with E-state index < -0.39 is 11.7 Å². The quantitative estimate of drug-likeness (QED) is 0.461. The maximum atomic E-state index is 14.6. The molecular weight excluding hydrogens is 449 g/mol. The zero-order chi connectivity index (χ0) is 24.8. The molecule has 1 aromatic heterocycles. The zero-order valence-electron chi connectivity index (χ0n) is 19.8. The van der Waals surface area contributed by atoms with Gasteiger partial charge in [-0.25, -0.2) is 14.3 Å². The summed E-state index contributed by atoms with van der Waals surface area (Å²) < 4.78 is 14.6. The van der Waals surface area contributed by atoms with Gasteiger partial charge in [0.15, 0.2) is 0 Å². The van der Waals surface area contributed by atoms with Crippen LogP contribution in [-0.2, 0) is 6.42 Å². The smallest absolute Gasteiger partial charge is 0.315 e. The van der Waals surface area contributed by atoms with Gasteiger partial charge in [0.1, 0.15) is 5.82 Å². The van der Waals surface area contributed by atoms with Crippen molar-refractivity contribution >= 4 is 22.7 Å². The highest BCUT2D eigenvalue weighted by molar-refractivity contribution is 5.94. The van der Waals surface area contributed by atoms with Crippen LogP contribution >= 0.6 is 0 Å². The van der Waals surface area contributed by atoms with E-state index in [0.29, 0.717) is 35.0 Å². The van der Waals surface area contributed by atoms with Gasteiger partial charge in [0, 0.05) is 37.5 Å². The molecule has 8 nitrogen and oxygen atoms in total. The van der Waals surface area contributed by atoms with E-state index in [-0.39, 0.29) is 36.3 Å². The number of carbonyl (C=O) groups is 2. The van der Waals surface area contributed by atoms with Crippen LogP contribution in [0.5, 0.6) is 0 Å². The van der Waals surface area contributed by atoms with Crippen molar-refractivity contribution in [2.45, 2.75) is 45.1 Å². The van der Waals surface area contributed by atoms with Crippen molar-refractivity contribution in [3.05, 3.63) is 75.5 Å². The van der Waals surface area contributed by atoms with Crippen molar-refractivity contribution in [1.82, 2.24) is 25.7 Å². The van der Waals surface area contributed by atoms with Crippen LogP contribution in [0.2, 0.25) is 0 Å². The molecule has 0 saturated heterocycles. The Hall–Kier alpha value is -3.75. The average Bonchev–Trinajstić information content (AvgIpc) is 3.37. The fourth-order valence-corrected chi connectivity index (χ4v) is 4.53. The molecule has 4 rings (SSSR count). The summed E-state index contributed by atoms with van der Waals surface area (Å²) in [5, 5.41) is 13.6. The van der Waals surface area contributed by atoms with E-state index in [2.05, 4.69) is 20.8 Å². The van der Waals surface area contributed by atoms with Crippen molar-refractivity contribution in [3.8, 4) is 0 Å². The number of nitrogens with zero attached hydrogens (tertiary/aromatic N) is 2. The molecule has 0 radical (unpaired) electrons. The summed E-state index contributed by atoms with van der Waals surface area (Å²) in [5.41, 5.74) is 1.02. The normalized spacial score (nSPS) is 13.7. The van der Waals surface area contributed by atoms with E-state index in [0.717, 1.165) is 25.7 Å². The number of halogens is 1. The third kappa shape index (κ3) is 5.85. The van der Waals surface area contributed by atoms with Gasteiger partial charge in [-0.15, -0.1) is 0 Å². The first-order valence-electron chi connectivity index (χ1n) is 12.0. The van der Waals surface area contributed by atoms with Gasteiger partial charge >= 0.3 is 6.03 Å². The van der Waals surface area contributed by atoms with Crippen LogP contribution < -0.4 is 16.2 Å². The molecule has 0 atom stereocenters. The molecule has 35 heavy (non-hydrogen) atoms.